The summed E-state index contributed by atoms with van der Waals surface area (Å²) in [6.45, 7) is 0. The zero-order chi connectivity index (χ0) is 29.7. The van der Waals surface area contributed by atoms with Gasteiger partial charge >= 0.3 is 0 Å². The second kappa shape index (κ2) is 10.4. The van der Waals surface area contributed by atoms with E-state index in [1.165, 1.54) is 66.2 Å². The van der Waals surface area contributed by atoms with Crippen molar-refractivity contribution < 1.29 is 0 Å². The number of fused-ring (bicyclic) bond motifs is 7. The molecule has 0 bridgehead atoms. The van der Waals surface area contributed by atoms with Gasteiger partial charge in [-0.2, -0.15) is 0 Å². The number of aromatic nitrogens is 2. The van der Waals surface area contributed by atoms with Crippen molar-refractivity contribution in [2.45, 2.75) is 19.3 Å². The zero-order valence-electron chi connectivity index (χ0n) is 24.9. The highest BCUT2D eigenvalue weighted by atomic mass is 15.0. The van der Waals surface area contributed by atoms with Gasteiger partial charge in [-0.25, -0.2) is 0 Å². The highest BCUT2D eigenvalue weighted by Gasteiger charge is 2.24. The molecular formula is C43H30N2. The summed E-state index contributed by atoms with van der Waals surface area (Å²) in [5.41, 5.74) is 13.3. The maximum atomic E-state index is 3.60. The van der Waals surface area contributed by atoms with Crippen LogP contribution in [0.5, 0.6) is 0 Å². The predicted octanol–water partition coefficient (Wildman–Crippen LogP) is 10.9. The van der Waals surface area contributed by atoms with Gasteiger partial charge in [-0.3, -0.25) is 0 Å². The third-order valence-corrected chi connectivity index (χ3v) is 9.25. The van der Waals surface area contributed by atoms with Crippen LogP contribution >= 0.6 is 0 Å². The Kier molecular flexibility index (Phi) is 5.96. The van der Waals surface area contributed by atoms with Crippen molar-refractivity contribution in [3.05, 3.63) is 156 Å². The molecule has 2 aromatic heterocycles. The van der Waals surface area contributed by atoms with Crippen molar-refractivity contribution in [2.24, 2.45) is 0 Å². The van der Waals surface area contributed by atoms with Crippen molar-refractivity contribution >= 4 is 44.4 Å². The average Bonchev–Trinajstić information content (AvgIpc) is 3.49. The van der Waals surface area contributed by atoms with Gasteiger partial charge in [0.05, 0.1) is 22.2 Å². The number of allylic oxidation sites excluding steroid dienone is 5. The molecule has 2 heteroatoms. The number of rotatable bonds is 4. The second-order valence-corrected chi connectivity index (χ2v) is 11.8. The van der Waals surface area contributed by atoms with E-state index < -0.39 is 0 Å². The van der Waals surface area contributed by atoms with Crippen molar-refractivity contribution in [2.75, 3.05) is 0 Å². The summed E-state index contributed by atoms with van der Waals surface area (Å²) in [6, 6.07) is 41.9. The molecule has 0 unspecified atom stereocenters. The Morgan fingerprint density at radius 2 is 1.42 bits per heavy atom. The summed E-state index contributed by atoms with van der Waals surface area (Å²) in [6.07, 6.45) is 14.0. The highest BCUT2D eigenvalue weighted by molar-refractivity contribution is 6.22. The van der Waals surface area contributed by atoms with Gasteiger partial charge in [0.1, 0.15) is 5.69 Å². The summed E-state index contributed by atoms with van der Waals surface area (Å²) >= 11 is 0. The van der Waals surface area contributed by atoms with Crippen molar-refractivity contribution in [1.82, 2.24) is 9.13 Å². The van der Waals surface area contributed by atoms with Crippen LogP contribution < -0.4 is 0 Å². The Morgan fingerprint density at radius 3 is 2.29 bits per heavy atom. The van der Waals surface area contributed by atoms with E-state index in [0.29, 0.717) is 0 Å². The molecule has 2 nitrogen and oxygen atoms in total. The molecule has 212 valence electrons. The monoisotopic (exact) mass is 574 g/mol. The molecule has 0 fully saturated rings. The van der Waals surface area contributed by atoms with Crippen LogP contribution in [0.1, 0.15) is 36.1 Å². The van der Waals surface area contributed by atoms with E-state index in [0.717, 1.165) is 30.6 Å². The third kappa shape index (κ3) is 4.05. The number of hydrogen-bond acceptors (Lipinski definition) is 0. The minimum absolute atomic E-state index is 0.758. The van der Waals surface area contributed by atoms with Gasteiger partial charge in [0.15, 0.2) is 0 Å². The molecule has 2 heterocycles. The van der Waals surface area contributed by atoms with Crippen LogP contribution in [0.4, 0.5) is 0 Å². The lowest BCUT2D eigenvalue weighted by molar-refractivity contribution is 1.04. The summed E-state index contributed by atoms with van der Waals surface area (Å²) in [5, 5.41) is 3.74. The fourth-order valence-corrected chi connectivity index (χ4v) is 7.23. The SMILES string of the molecule is C1#Cc2c(c3ccc4c(c5ccccc5n4-c4ccc(-c5ccccc5)cc4)c3n2-c2ccccc2C2=CC=CCC2)C=CC1. The first-order chi connectivity index (χ1) is 22.4. The van der Waals surface area contributed by atoms with Crippen LogP contribution in [0.25, 0.3) is 66.9 Å². The van der Waals surface area contributed by atoms with Crippen LogP contribution in [-0.2, 0) is 0 Å². The summed E-state index contributed by atoms with van der Waals surface area (Å²) < 4.78 is 4.88. The first-order valence-electron chi connectivity index (χ1n) is 15.7. The maximum Gasteiger partial charge on any atom is 0.105 e. The van der Waals surface area contributed by atoms with E-state index in [1.807, 2.05) is 0 Å². The van der Waals surface area contributed by atoms with Gasteiger partial charge in [-0.05, 0) is 65.8 Å². The summed E-state index contributed by atoms with van der Waals surface area (Å²) in [7, 11) is 0. The Labute approximate surface area is 262 Å². The van der Waals surface area contributed by atoms with Gasteiger partial charge in [0.2, 0.25) is 0 Å². The van der Waals surface area contributed by atoms with E-state index >= 15 is 0 Å². The van der Waals surface area contributed by atoms with E-state index in [1.54, 1.807) is 0 Å². The predicted molar refractivity (Wildman–Crippen MR) is 190 cm³/mol. The van der Waals surface area contributed by atoms with Gasteiger partial charge in [-0.1, -0.05) is 121 Å². The first kappa shape index (κ1) is 25.7. The quantitative estimate of drug-likeness (QED) is 0.185. The Balaban J connectivity index is 1.38. The number of para-hydroxylation sites is 2. The standard InChI is InChI=1S/C43H30N2/c1-4-14-30(15-5-1)31-24-26-33(27-25-31)44-40-23-13-11-20-37(40)42-41(44)29-28-36-35-19-8-3-9-21-39(35)45(43(36)42)38-22-12-10-18-34(38)32-16-6-2-7-17-32/h1-2,4-6,8,10-16,18-20,22-29H,3,7,17H2. The molecule has 45 heavy (non-hydrogen) atoms. The number of nitrogens with zero attached hydrogens (tertiary/aromatic N) is 2. The fraction of sp³-hybridized carbons (Fsp3) is 0.0698. The van der Waals surface area contributed by atoms with E-state index in [-0.39, 0.29) is 0 Å². The average molecular weight is 575 g/mol. The van der Waals surface area contributed by atoms with Crippen molar-refractivity contribution in [3.8, 4) is 34.3 Å². The van der Waals surface area contributed by atoms with Crippen LogP contribution in [0.2, 0.25) is 0 Å². The summed E-state index contributed by atoms with van der Waals surface area (Å²) in [4.78, 5) is 0. The Hall–Kier alpha value is -5.78. The van der Waals surface area contributed by atoms with Gasteiger partial charge in [0.25, 0.3) is 0 Å². The lowest BCUT2D eigenvalue weighted by atomic mass is 9.95. The Bertz CT molecular complexity index is 2430. The smallest absolute Gasteiger partial charge is 0.105 e. The molecule has 5 aromatic carbocycles. The van der Waals surface area contributed by atoms with E-state index in [4.69, 9.17) is 0 Å². The summed E-state index contributed by atoms with van der Waals surface area (Å²) in [5.74, 6) is 7.02. The van der Waals surface area contributed by atoms with Crippen molar-refractivity contribution in [1.29, 1.82) is 0 Å². The molecule has 2 aliphatic rings. The molecule has 0 amide bonds. The number of hydrogen-bond donors (Lipinski definition) is 0. The first-order valence-corrected chi connectivity index (χ1v) is 15.7. The van der Waals surface area contributed by atoms with Crippen LogP contribution in [0.15, 0.2) is 140 Å². The number of benzene rings is 5. The molecule has 0 saturated heterocycles. The fourth-order valence-electron chi connectivity index (χ4n) is 7.23. The molecule has 0 aliphatic heterocycles. The van der Waals surface area contributed by atoms with Gasteiger partial charge < -0.3 is 9.13 Å². The normalized spacial score (nSPS) is 13.9. The van der Waals surface area contributed by atoms with Crippen LogP contribution in [0.3, 0.4) is 0 Å². The van der Waals surface area contributed by atoms with Crippen LogP contribution in [0, 0.1) is 11.8 Å². The molecule has 2 aliphatic carbocycles. The molecule has 7 aromatic rings. The zero-order valence-corrected chi connectivity index (χ0v) is 24.9. The lowest BCUT2D eigenvalue weighted by Gasteiger charge is -2.17. The molecular weight excluding hydrogens is 544 g/mol. The molecule has 0 radical (unpaired) electrons. The van der Waals surface area contributed by atoms with Gasteiger partial charge in [0, 0.05) is 39.4 Å². The third-order valence-electron chi connectivity index (χ3n) is 9.25. The molecule has 0 spiro atoms. The highest BCUT2D eigenvalue weighted by Crippen LogP contribution is 2.43. The molecule has 9 rings (SSSR count). The topological polar surface area (TPSA) is 9.86 Å². The van der Waals surface area contributed by atoms with E-state index in [2.05, 4.69) is 167 Å². The molecule has 0 saturated carbocycles. The molecule has 0 N–H and O–H groups in total. The second-order valence-electron chi connectivity index (χ2n) is 11.8. The van der Waals surface area contributed by atoms with Crippen molar-refractivity contribution in [3.63, 3.8) is 0 Å². The minimum atomic E-state index is 0.758. The largest absolute Gasteiger partial charge is 0.309 e. The Morgan fingerprint density at radius 1 is 0.622 bits per heavy atom. The van der Waals surface area contributed by atoms with Crippen LogP contribution in [-0.4, -0.2) is 9.13 Å². The minimum Gasteiger partial charge on any atom is -0.309 e. The molecule has 0 atom stereocenters. The van der Waals surface area contributed by atoms with E-state index in [9.17, 15) is 0 Å². The van der Waals surface area contributed by atoms with Gasteiger partial charge in [-0.15, -0.1) is 0 Å². The lowest BCUT2D eigenvalue weighted by Crippen LogP contribution is -2.03. The maximum absolute atomic E-state index is 3.60.